The highest BCUT2D eigenvalue weighted by molar-refractivity contribution is 8.03. The maximum Gasteiger partial charge on any atom is 0.173 e. The van der Waals surface area contributed by atoms with E-state index >= 15 is 0 Å². The van der Waals surface area contributed by atoms with E-state index in [4.69, 9.17) is 0 Å². The van der Waals surface area contributed by atoms with Gasteiger partial charge in [0, 0.05) is 22.8 Å². The summed E-state index contributed by atoms with van der Waals surface area (Å²) in [5.74, 6) is 0.377. The first-order valence-electron chi connectivity index (χ1n) is 8.69. The molecular formula is C21H24N2O2S. The van der Waals surface area contributed by atoms with Crippen LogP contribution in [-0.4, -0.2) is 17.3 Å². The van der Waals surface area contributed by atoms with Crippen LogP contribution in [0.5, 0.6) is 0 Å². The molecular weight excluding hydrogens is 344 g/mol. The van der Waals surface area contributed by atoms with E-state index in [1.165, 1.54) is 11.8 Å². The maximum absolute atomic E-state index is 12.4. The Morgan fingerprint density at radius 3 is 2.46 bits per heavy atom. The average molecular weight is 369 g/mol. The van der Waals surface area contributed by atoms with Gasteiger partial charge in [-0.2, -0.15) is 5.26 Å². The molecule has 136 valence electrons. The first kappa shape index (κ1) is 20.0. The molecule has 0 radical (unpaired) electrons. The molecule has 1 N–H and O–H groups in total. The van der Waals surface area contributed by atoms with E-state index in [0.29, 0.717) is 27.7 Å². The number of allylic oxidation sites excluding steroid dienone is 3. The van der Waals surface area contributed by atoms with Gasteiger partial charge in [0.05, 0.1) is 22.4 Å². The number of hydrogen-bond donors (Lipinski definition) is 1. The van der Waals surface area contributed by atoms with Crippen molar-refractivity contribution in [3.63, 3.8) is 0 Å². The van der Waals surface area contributed by atoms with Gasteiger partial charge in [0.1, 0.15) is 0 Å². The fraction of sp³-hybridized carbons (Fsp3) is 0.381. The third-order valence-corrected chi connectivity index (χ3v) is 5.31. The van der Waals surface area contributed by atoms with Crippen LogP contribution in [0.25, 0.3) is 0 Å². The monoisotopic (exact) mass is 368 g/mol. The lowest BCUT2D eigenvalue weighted by Crippen LogP contribution is -2.29. The number of nitrogens with zero attached hydrogens (tertiary/aromatic N) is 1. The lowest BCUT2D eigenvalue weighted by atomic mass is 9.81. The SMILES string of the molecule is CC(=O)C1=C(C)NC(SCC(=O)c2ccccc2)=C(C#N)[C@@H]1CC(C)C. The Balaban J connectivity index is 2.27. The molecule has 0 saturated carbocycles. The van der Waals surface area contributed by atoms with Crippen molar-refractivity contribution in [3.8, 4) is 6.07 Å². The van der Waals surface area contributed by atoms with Gasteiger partial charge in [-0.15, -0.1) is 0 Å². The molecule has 0 spiro atoms. The molecule has 1 heterocycles. The zero-order valence-electron chi connectivity index (χ0n) is 15.6. The predicted octanol–water partition coefficient (Wildman–Crippen LogP) is 4.47. The van der Waals surface area contributed by atoms with Gasteiger partial charge < -0.3 is 5.32 Å². The lowest BCUT2D eigenvalue weighted by Gasteiger charge is -2.30. The molecule has 0 aliphatic carbocycles. The van der Waals surface area contributed by atoms with Crippen molar-refractivity contribution in [2.24, 2.45) is 11.8 Å². The van der Waals surface area contributed by atoms with Gasteiger partial charge in [-0.25, -0.2) is 0 Å². The van der Waals surface area contributed by atoms with E-state index in [2.05, 4.69) is 25.2 Å². The molecule has 0 unspecified atom stereocenters. The normalized spacial score (nSPS) is 17.2. The summed E-state index contributed by atoms with van der Waals surface area (Å²) < 4.78 is 0. The van der Waals surface area contributed by atoms with Crippen LogP contribution in [0.1, 0.15) is 44.5 Å². The summed E-state index contributed by atoms with van der Waals surface area (Å²) in [6.07, 6.45) is 0.730. The summed E-state index contributed by atoms with van der Waals surface area (Å²) in [4.78, 5) is 24.5. The van der Waals surface area contributed by atoms with E-state index in [9.17, 15) is 14.9 Å². The molecule has 4 nitrogen and oxygen atoms in total. The molecule has 1 aromatic rings. The zero-order valence-corrected chi connectivity index (χ0v) is 16.4. The number of nitriles is 1. The van der Waals surface area contributed by atoms with Crippen LogP contribution in [-0.2, 0) is 4.79 Å². The van der Waals surface area contributed by atoms with Crippen molar-refractivity contribution in [1.82, 2.24) is 5.32 Å². The van der Waals surface area contributed by atoms with Crippen LogP contribution in [0.15, 0.2) is 52.2 Å². The molecule has 0 aromatic heterocycles. The largest absolute Gasteiger partial charge is 0.353 e. The highest BCUT2D eigenvalue weighted by Gasteiger charge is 2.32. The predicted molar refractivity (Wildman–Crippen MR) is 105 cm³/mol. The Morgan fingerprint density at radius 2 is 1.92 bits per heavy atom. The Bertz CT molecular complexity index is 801. The first-order valence-corrected chi connectivity index (χ1v) is 9.67. The number of dihydropyridines is 1. The van der Waals surface area contributed by atoms with Crippen molar-refractivity contribution >= 4 is 23.3 Å². The Hall–Kier alpha value is -2.32. The lowest BCUT2D eigenvalue weighted by molar-refractivity contribution is -0.114. The van der Waals surface area contributed by atoms with Crippen molar-refractivity contribution in [1.29, 1.82) is 5.26 Å². The molecule has 0 amide bonds. The number of nitrogens with one attached hydrogen (secondary N) is 1. The van der Waals surface area contributed by atoms with Crippen molar-refractivity contribution < 1.29 is 9.59 Å². The average Bonchev–Trinajstić information content (AvgIpc) is 2.59. The van der Waals surface area contributed by atoms with Gasteiger partial charge in [0.15, 0.2) is 11.6 Å². The maximum atomic E-state index is 12.4. The minimum absolute atomic E-state index is 0.0154. The topological polar surface area (TPSA) is 70.0 Å². The van der Waals surface area contributed by atoms with Gasteiger partial charge >= 0.3 is 0 Å². The Labute approximate surface area is 159 Å². The summed E-state index contributed by atoms with van der Waals surface area (Å²) in [5, 5.41) is 13.6. The van der Waals surface area contributed by atoms with Crippen LogP contribution >= 0.6 is 11.8 Å². The van der Waals surface area contributed by atoms with Crippen molar-refractivity contribution in [2.75, 3.05) is 5.75 Å². The van der Waals surface area contributed by atoms with E-state index < -0.39 is 0 Å². The highest BCUT2D eigenvalue weighted by atomic mass is 32.2. The van der Waals surface area contributed by atoms with E-state index in [0.717, 1.165) is 12.1 Å². The van der Waals surface area contributed by atoms with Crippen molar-refractivity contribution in [2.45, 2.75) is 34.1 Å². The molecule has 26 heavy (non-hydrogen) atoms. The molecule has 1 aliphatic rings. The van der Waals surface area contributed by atoms with Gasteiger partial charge in [-0.1, -0.05) is 55.9 Å². The Kier molecular flexibility index (Phi) is 6.82. The fourth-order valence-electron chi connectivity index (χ4n) is 3.17. The standard InChI is InChI=1S/C21H24N2O2S/c1-13(2)10-17-18(11-22)21(23-14(3)20(17)15(4)24)26-12-19(25)16-8-6-5-7-9-16/h5-9,13,17,23H,10,12H2,1-4H3/t17-/m0/s1. The summed E-state index contributed by atoms with van der Waals surface area (Å²) >= 11 is 1.33. The molecule has 5 heteroatoms. The second-order valence-electron chi connectivity index (χ2n) is 6.83. The van der Waals surface area contributed by atoms with Gasteiger partial charge in [-0.05, 0) is 26.2 Å². The van der Waals surface area contributed by atoms with Crippen LogP contribution in [0.3, 0.4) is 0 Å². The number of carbonyl (C=O) groups is 2. The molecule has 2 rings (SSSR count). The van der Waals surface area contributed by atoms with E-state index in [1.54, 1.807) is 19.1 Å². The number of rotatable bonds is 7. The quantitative estimate of drug-likeness (QED) is 0.719. The molecule has 0 saturated heterocycles. The fourth-order valence-corrected chi connectivity index (χ4v) is 4.18. The summed E-state index contributed by atoms with van der Waals surface area (Å²) in [6.45, 7) is 7.56. The second-order valence-corrected chi connectivity index (χ2v) is 7.82. The highest BCUT2D eigenvalue weighted by Crippen LogP contribution is 2.37. The number of benzene rings is 1. The van der Waals surface area contributed by atoms with Crippen molar-refractivity contribution in [3.05, 3.63) is 57.8 Å². The first-order chi connectivity index (χ1) is 12.3. The van der Waals surface area contributed by atoms with Gasteiger partial charge in [0.2, 0.25) is 0 Å². The second kappa shape index (κ2) is 8.86. The third-order valence-electron chi connectivity index (χ3n) is 4.30. The Morgan fingerprint density at radius 1 is 1.27 bits per heavy atom. The van der Waals surface area contributed by atoms with Gasteiger partial charge in [-0.3, -0.25) is 9.59 Å². The van der Waals surface area contributed by atoms with Crippen LogP contribution < -0.4 is 5.32 Å². The van der Waals surface area contributed by atoms with E-state index in [1.807, 2.05) is 25.1 Å². The smallest absolute Gasteiger partial charge is 0.173 e. The van der Waals surface area contributed by atoms with Crippen LogP contribution in [0.2, 0.25) is 0 Å². The van der Waals surface area contributed by atoms with Gasteiger partial charge in [0.25, 0.3) is 0 Å². The van der Waals surface area contributed by atoms with E-state index in [-0.39, 0.29) is 23.2 Å². The molecule has 1 aromatic carbocycles. The minimum atomic E-state index is -0.215. The number of hydrogen-bond acceptors (Lipinski definition) is 5. The summed E-state index contributed by atoms with van der Waals surface area (Å²) in [7, 11) is 0. The molecule has 1 aliphatic heterocycles. The molecule has 0 fully saturated rings. The minimum Gasteiger partial charge on any atom is -0.353 e. The number of thioether (sulfide) groups is 1. The third kappa shape index (κ3) is 4.64. The molecule has 0 bridgehead atoms. The number of carbonyl (C=O) groups excluding carboxylic acids is 2. The zero-order chi connectivity index (χ0) is 19.3. The van der Waals surface area contributed by atoms with Crippen LogP contribution in [0, 0.1) is 23.2 Å². The number of Topliss-reactive ketones (excluding diaryl/α,β-unsaturated/α-hetero) is 2. The molecule has 1 atom stereocenters. The van der Waals surface area contributed by atoms with Crippen LogP contribution in [0.4, 0.5) is 0 Å². The number of ketones is 2. The summed E-state index contributed by atoms with van der Waals surface area (Å²) in [5.41, 5.74) is 2.66. The summed E-state index contributed by atoms with van der Waals surface area (Å²) in [6, 6.07) is 11.4.